The normalized spacial score (nSPS) is 16.9. The van der Waals surface area contributed by atoms with Crippen molar-refractivity contribution < 1.29 is 27.4 Å². The number of aromatic nitrogens is 2. The van der Waals surface area contributed by atoms with Crippen molar-refractivity contribution in [2.45, 2.75) is 12.4 Å². The van der Waals surface area contributed by atoms with Gasteiger partial charge in [-0.25, -0.2) is 9.97 Å². The Kier molecular flexibility index (Phi) is 8.66. The lowest BCUT2D eigenvalue weighted by Gasteiger charge is -2.27. The number of benzene rings is 3. The molecule has 4 aromatic rings. The molecule has 1 aliphatic heterocycles. The number of anilines is 2. The van der Waals surface area contributed by atoms with Crippen LogP contribution in [0.2, 0.25) is 20.1 Å². The fourth-order valence-corrected chi connectivity index (χ4v) is 5.06. The number of nitrogens with zero attached hydrogens (tertiary/aromatic N) is 4. The van der Waals surface area contributed by atoms with Gasteiger partial charge in [0.05, 0.1) is 33.6 Å². The maximum absolute atomic E-state index is 14.0. The monoisotopic (exact) mass is 659 g/mol. The second-order valence-corrected chi connectivity index (χ2v) is 10.7. The predicted octanol–water partition coefficient (Wildman–Crippen LogP) is 8.26. The molecule has 2 heterocycles. The number of rotatable bonds is 8. The van der Waals surface area contributed by atoms with Crippen LogP contribution >= 0.6 is 46.4 Å². The second kappa shape index (κ2) is 12.1. The summed E-state index contributed by atoms with van der Waals surface area (Å²) >= 11 is 24.3. The van der Waals surface area contributed by atoms with Crippen molar-refractivity contribution >= 4 is 74.5 Å². The third-order valence-corrected chi connectivity index (χ3v) is 7.55. The van der Waals surface area contributed by atoms with Crippen molar-refractivity contribution in [1.82, 2.24) is 15.0 Å². The minimum Gasteiger partial charge on any atom is -0.493 e. The number of nitrogens with one attached hydrogen (secondary N) is 1. The van der Waals surface area contributed by atoms with E-state index in [4.69, 9.17) is 60.6 Å². The van der Waals surface area contributed by atoms with Crippen molar-refractivity contribution in [3.63, 3.8) is 0 Å². The van der Waals surface area contributed by atoms with Crippen molar-refractivity contribution in [2.24, 2.45) is 11.0 Å². The van der Waals surface area contributed by atoms with E-state index in [0.29, 0.717) is 37.5 Å². The highest BCUT2D eigenvalue weighted by Gasteiger charge is 2.51. The zero-order valence-corrected chi connectivity index (χ0v) is 24.7. The number of methoxy groups -OCH3 is 1. The summed E-state index contributed by atoms with van der Waals surface area (Å²) in [6, 6.07) is 12.6. The minimum atomic E-state index is -4.74. The molecule has 2 atom stereocenters. The Morgan fingerprint density at radius 1 is 0.905 bits per heavy atom. The van der Waals surface area contributed by atoms with Crippen molar-refractivity contribution in [1.29, 1.82) is 0 Å². The van der Waals surface area contributed by atoms with Crippen LogP contribution in [0.1, 0.15) is 0 Å². The lowest BCUT2D eigenvalue weighted by atomic mass is 10.0. The third-order valence-electron chi connectivity index (χ3n) is 6.28. The zero-order valence-electron chi connectivity index (χ0n) is 21.7. The molecule has 220 valence electrons. The van der Waals surface area contributed by atoms with Gasteiger partial charge in [0.1, 0.15) is 24.5 Å². The lowest BCUT2D eigenvalue weighted by molar-refractivity contribution is -0.0654. The van der Waals surface area contributed by atoms with E-state index in [0.717, 1.165) is 5.01 Å². The molecular formula is C27H20Cl4F3N5O3. The van der Waals surface area contributed by atoms with Gasteiger partial charge in [-0.15, -0.1) is 0 Å². The van der Waals surface area contributed by atoms with Crippen LogP contribution in [0.15, 0.2) is 60.0 Å². The fraction of sp³-hybridized carbons (Fsp3) is 0.222. The molecule has 1 N–H and O–H groups in total. The molecule has 0 bridgehead atoms. The van der Waals surface area contributed by atoms with Crippen LogP contribution in [0.3, 0.4) is 0 Å². The Labute approximate surface area is 257 Å². The maximum Gasteiger partial charge on any atom is 0.431 e. The summed E-state index contributed by atoms with van der Waals surface area (Å²) < 4.78 is 59.3. The van der Waals surface area contributed by atoms with Crippen LogP contribution in [0.25, 0.3) is 10.9 Å². The molecule has 8 nitrogen and oxygen atoms in total. The van der Waals surface area contributed by atoms with E-state index in [1.807, 2.05) is 0 Å². The molecule has 3 aromatic carbocycles. The molecular weight excluding hydrogens is 641 g/mol. The maximum atomic E-state index is 14.0. The van der Waals surface area contributed by atoms with Crippen molar-refractivity contribution in [3.8, 4) is 17.2 Å². The van der Waals surface area contributed by atoms with E-state index in [-0.39, 0.29) is 22.3 Å². The number of fused-ring (bicyclic) bond motifs is 1. The van der Waals surface area contributed by atoms with Crippen LogP contribution in [-0.2, 0) is 0 Å². The molecule has 0 saturated heterocycles. The van der Waals surface area contributed by atoms with Gasteiger partial charge in [-0.1, -0.05) is 46.4 Å². The third kappa shape index (κ3) is 6.34. The van der Waals surface area contributed by atoms with E-state index in [9.17, 15) is 13.2 Å². The Hall–Kier alpha value is -3.38. The molecule has 0 fully saturated rings. The average Bonchev–Trinajstić information content (AvgIpc) is 3.26. The lowest BCUT2D eigenvalue weighted by Crippen LogP contribution is -2.42. The van der Waals surface area contributed by atoms with Gasteiger partial charge in [0.2, 0.25) is 0 Å². The number of hydrogen-bond donors (Lipinski definition) is 1. The average molecular weight is 661 g/mol. The summed E-state index contributed by atoms with van der Waals surface area (Å²) in [6.45, 7) is -0.458. The molecule has 42 heavy (non-hydrogen) atoms. The highest BCUT2D eigenvalue weighted by Crippen LogP contribution is 2.39. The number of halogens is 7. The fourth-order valence-electron chi connectivity index (χ4n) is 4.31. The van der Waals surface area contributed by atoms with Gasteiger partial charge in [0.25, 0.3) is 0 Å². The summed E-state index contributed by atoms with van der Waals surface area (Å²) in [4.78, 5) is 8.59. The molecule has 0 saturated carbocycles. The summed E-state index contributed by atoms with van der Waals surface area (Å²) in [5.41, 5.74) is 0.00693. The van der Waals surface area contributed by atoms with Gasteiger partial charge >= 0.3 is 6.18 Å². The summed E-state index contributed by atoms with van der Waals surface area (Å²) in [6.07, 6.45) is -4.59. The zero-order chi connectivity index (χ0) is 30.2. The first-order valence-electron chi connectivity index (χ1n) is 12.1. The van der Waals surface area contributed by atoms with Gasteiger partial charge in [-0.05, 0) is 42.5 Å². The quantitative estimate of drug-likeness (QED) is 0.204. The van der Waals surface area contributed by atoms with Gasteiger partial charge in [0, 0.05) is 29.2 Å². The molecule has 0 aliphatic carbocycles. The Bertz CT molecular complexity index is 1670. The van der Waals surface area contributed by atoms with Crippen LogP contribution in [0.4, 0.5) is 24.7 Å². The summed E-state index contributed by atoms with van der Waals surface area (Å²) in [5, 5.41) is 9.74. The SMILES string of the molecule is COc1cc2c(Nc3ccc(Cl)c(Cl)c3)ncnc2cc1OCC1C(C(F)(F)F)=NN(C)C1Oc1ccc(Cl)cc1Cl. The van der Waals surface area contributed by atoms with E-state index in [1.54, 1.807) is 30.3 Å². The van der Waals surface area contributed by atoms with Crippen molar-refractivity contribution in [2.75, 3.05) is 26.1 Å². The van der Waals surface area contributed by atoms with Gasteiger partial charge < -0.3 is 19.5 Å². The highest BCUT2D eigenvalue weighted by atomic mass is 35.5. The van der Waals surface area contributed by atoms with Crippen LogP contribution in [0.5, 0.6) is 17.2 Å². The summed E-state index contributed by atoms with van der Waals surface area (Å²) in [7, 11) is 2.78. The Morgan fingerprint density at radius 2 is 1.69 bits per heavy atom. The van der Waals surface area contributed by atoms with Gasteiger partial charge in [0.15, 0.2) is 23.4 Å². The van der Waals surface area contributed by atoms with E-state index in [1.165, 1.54) is 38.7 Å². The number of ether oxygens (including phenoxy) is 3. The molecule has 5 rings (SSSR count). The van der Waals surface area contributed by atoms with Crippen molar-refractivity contribution in [3.05, 3.63) is 74.9 Å². The summed E-state index contributed by atoms with van der Waals surface area (Å²) in [5.74, 6) is -0.378. The first-order valence-corrected chi connectivity index (χ1v) is 13.6. The topological polar surface area (TPSA) is 81.1 Å². The van der Waals surface area contributed by atoms with Crippen LogP contribution < -0.4 is 19.5 Å². The number of alkyl halides is 3. The van der Waals surface area contributed by atoms with Crippen LogP contribution in [-0.4, -0.2) is 53.9 Å². The molecule has 0 amide bonds. The molecule has 15 heteroatoms. The highest BCUT2D eigenvalue weighted by molar-refractivity contribution is 6.42. The molecule has 0 spiro atoms. The minimum absolute atomic E-state index is 0.136. The predicted molar refractivity (Wildman–Crippen MR) is 157 cm³/mol. The Morgan fingerprint density at radius 3 is 2.38 bits per heavy atom. The first kappa shape index (κ1) is 30.1. The molecule has 1 aliphatic rings. The van der Waals surface area contributed by atoms with Gasteiger partial charge in [-0.3, -0.25) is 5.01 Å². The van der Waals surface area contributed by atoms with Crippen LogP contribution in [0, 0.1) is 5.92 Å². The number of hydrogen-bond acceptors (Lipinski definition) is 8. The number of hydrazone groups is 1. The molecule has 2 unspecified atom stereocenters. The molecule has 1 aromatic heterocycles. The second-order valence-electron chi connectivity index (χ2n) is 9.05. The smallest absolute Gasteiger partial charge is 0.431 e. The van der Waals surface area contributed by atoms with Gasteiger partial charge in [-0.2, -0.15) is 18.3 Å². The van der Waals surface area contributed by atoms with E-state index in [2.05, 4.69) is 20.4 Å². The first-order chi connectivity index (χ1) is 19.9. The van der Waals surface area contributed by atoms with E-state index >= 15 is 0 Å². The molecule has 0 radical (unpaired) electrons. The Balaban J connectivity index is 1.43. The largest absolute Gasteiger partial charge is 0.493 e. The van der Waals surface area contributed by atoms with E-state index < -0.39 is 30.6 Å². The standard InChI is InChI=1S/C27H20Cl4F3N5O3/c1-39-26(42-21-6-3-13(28)7-19(21)31)16(24(38-39)27(32,33)34)11-41-23-10-20-15(9-22(23)40-2)25(36-12-35-20)37-14-4-5-17(29)18(30)8-14/h3-10,12,16,26H,11H2,1-2H3,(H,35,36,37).